The molecule has 0 bridgehead atoms. The second-order valence-electron chi connectivity index (χ2n) is 5.09. The summed E-state index contributed by atoms with van der Waals surface area (Å²) in [4.78, 5) is 4.67. The molecule has 0 aliphatic carbocycles. The van der Waals surface area contributed by atoms with Gasteiger partial charge in [-0.3, -0.25) is 4.99 Å². The molecule has 16 heavy (non-hydrogen) atoms. The highest BCUT2D eigenvalue weighted by Crippen LogP contribution is 2.15. The van der Waals surface area contributed by atoms with Gasteiger partial charge < -0.3 is 11.1 Å². The molecular formula is C13H25N3. The Morgan fingerprint density at radius 2 is 2.25 bits per heavy atom. The Morgan fingerprint density at radius 3 is 2.88 bits per heavy atom. The van der Waals surface area contributed by atoms with Crippen molar-refractivity contribution < 1.29 is 0 Å². The fourth-order valence-electron chi connectivity index (χ4n) is 1.99. The van der Waals surface area contributed by atoms with Crippen molar-refractivity contribution in [3.05, 3.63) is 11.8 Å². The van der Waals surface area contributed by atoms with Gasteiger partial charge in [0.15, 0.2) is 0 Å². The lowest BCUT2D eigenvalue weighted by atomic mass is 10.0. The largest absolute Gasteiger partial charge is 0.404 e. The van der Waals surface area contributed by atoms with Crippen LogP contribution in [0.15, 0.2) is 16.8 Å². The Morgan fingerprint density at radius 1 is 1.50 bits per heavy atom. The summed E-state index contributed by atoms with van der Waals surface area (Å²) in [5, 5.41) is 3.44. The summed E-state index contributed by atoms with van der Waals surface area (Å²) in [7, 11) is 0. The zero-order chi connectivity index (χ0) is 12.0. The van der Waals surface area contributed by atoms with Gasteiger partial charge in [-0.15, -0.1) is 0 Å². The minimum absolute atomic E-state index is 0.454. The second-order valence-corrected chi connectivity index (χ2v) is 5.09. The van der Waals surface area contributed by atoms with E-state index in [0.29, 0.717) is 17.9 Å². The van der Waals surface area contributed by atoms with Crippen molar-refractivity contribution in [2.24, 2.45) is 22.6 Å². The van der Waals surface area contributed by atoms with Crippen LogP contribution in [-0.4, -0.2) is 25.3 Å². The molecule has 0 radical (unpaired) electrons. The predicted molar refractivity (Wildman–Crippen MR) is 70.7 cm³/mol. The fourth-order valence-corrected chi connectivity index (χ4v) is 1.99. The third-order valence-electron chi connectivity index (χ3n) is 3.12. The van der Waals surface area contributed by atoms with Gasteiger partial charge in [0, 0.05) is 6.21 Å². The smallest absolute Gasteiger partial charge is 0.0514 e. The molecule has 1 rings (SSSR count). The summed E-state index contributed by atoms with van der Waals surface area (Å²) in [6.07, 6.45) is 5.95. The number of hydrogen-bond acceptors (Lipinski definition) is 3. The number of rotatable bonds is 3. The molecule has 0 amide bonds. The summed E-state index contributed by atoms with van der Waals surface area (Å²) < 4.78 is 0. The summed E-state index contributed by atoms with van der Waals surface area (Å²) in [6.45, 7) is 8.76. The van der Waals surface area contributed by atoms with Crippen molar-refractivity contribution in [3.8, 4) is 0 Å². The molecule has 0 saturated carbocycles. The molecule has 0 spiro atoms. The van der Waals surface area contributed by atoms with E-state index >= 15 is 0 Å². The van der Waals surface area contributed by atoms with Crippen LogP contribution in [0.4, 0.5) is 0 Å². The van der Waals surface area contributed by atoms with Crippen LogP contribution in [0.2, 0.25) is 0 Å². The van der Waals surface area contributed by atoms with Crippen molar-refractivity contribution >= 4 is 6.21 Å². The van der Waals surface area contributed by atoms with Crippen molar-refractivity contribution in [2.45, 2.75) is 39.7 Å². The standard InChI is InChI=1S/C13H25N3/c1-10(2)12(7-14)9-16-13-4-5-15-8-11(3)6-13/h7,9-11,13,15H,4-6,8,14H2,1-3H3/b12-7+,16-9?. The molecule has 92 valence electrons. The topological polar surface area (TPSA) is 50.4 Å². The van der Waals surface area contributed by atoms with E-state index in [1.165, 1.54) is 6.42 Å². The first-order chi connectivity index (χ1) is 7.63. The molecule has 2 atom stereocenters. The lowest BCUT2D eigenvalue weighted by Crippen LogP contribution is -2.18. The monoisotopic (exact) mass is 223 g/mol. The Hall–Kier alpha value is -0.830. The molecule has 0 aromatic rings. The van der Waals surface area contributed by atoms with E-state index < -0.39 is 0 Å². The minimum Gasteiger partial charge on any atom is -0.404 e. The van der Waals surface area contributed by atoms with E-state index in [4.69, 9.17) is 5.73 Å². The fraction of sp³-hybridized carbons (Fsp3) is 0.769. The van der Waals surface area contributed by atoms with Crippen LogP contribution in [0.1, 0.15) is 33.6 Å². The van der Waals surface area contributed by atoms with Crippen LogP contribution < -0.4 is 11.1 Å². The molecule has 3 N–H and O–H groups in total. The normalized spacial score (nSPS) is 28.6. The average molecular weight is 223 g/mol. The molecule has 1 saturated heterocycles. The molecule has 3 heteroatoms. The SMILES string of the molecule is CC1CNCCC(N=C/C(=C\N)C(C)C)C1. The van der Waals surface area contributed by atoms with Crippen molar-refractivity contribution in [2.75, 3.05) is 13.1 Å². The van der Waals surface area contributed by atoms with E-state index in [2.05, 4.69) is 31.1 Å². The zero-order valence-electron chi connectivity index (χ0n) is 10.7. The predicted octanol–water partition coefficient (Wildman–Crippen LogP) is 1.94. The van der Waals surface area contributed by atoms with Crippen molar-refractivity contribution in [3.63, 3.8) is 0 Å². The van der Waals surface area contributed by atoms with Gasteiger partial charge in [0.1, 0.15) is 0 Å². The first-order valence-corrected chi connectivity index (χ1v) is 6.29. The molecule has 1 heterocycles. The zero-order valence-corrected chi connectivity index (χ0v) is 10.7. The van der Waals surface area contributed by atoms with Gasteiger partial charge in [0.05, 0.1) is 6.04 Å². The van der Waals surface area contributed by atoms with Gasteiger partial charge >= 0.3 is 0 Å². The first kappa shape index (κ1) is 13.2. The average Bonchev–Trinajstić information content (AvgIpc) is 2.43. The van der Waals surface area contributed by atoms with E-state index in [1.54, 1.807) is 6.20 Å². The minimum atomic E-state index is 0.454. The van der Waals surface area contributed by atoms with Gasteiger partial charge in [-0.2, -0.15) is 0 Å². The summed E-state index contributed by atoms with van der Waals surface area (Å²) >= 11 is 0. The maximum absolute atomic E-state index is 5.58. The number of aliphatic imine (C=N–C) groups is 1. The second kappa shape index (κ2) is 6.69. The van der Waals surface area contributed by atoms with Crippen LogP contribution >= 0.6 is 0 Å². The molecule has 1 fully saturated rings. The van der Waals surface area contributed by atoms with E-state index in [0.717, 1.165) is 25.1 Å². The highest BCUT2D eigenvalue weighted by Gasteiger charge is 2.15. The first-order valence-electron chi connectivity index (χ1n) is 6.29. The quantitative estimate of drug-likeness (QED) is 0.718. The number of hydrogen-bond donors (Lipinski definition) is 2. The number of nitrogens with one attached hydrogen (secondary N) is 1. The summed E-state index contributed by atoms with van der Waals surface area (Å²) in [5.41, 5.74) is 6.71. The van der Waals surface area contributed by atoms with E-state index in [9.17, 15) is 0 Å². The number of nitrogens with zero attached hydrogens (tertiary/aromatic N) is 1. The third kappa shape index (κ3) is 4.35. The lowest BCUT2D eigenvalue weighted by Gasteiger charge is -2.12. The van der Waals surface area contributed by atoms with E-state index in [1.807, 2.05) is 6.21 Å². The maximum Gasteiger partial charge on any atom is 0.0514 e. The van der Waals surface area contributed by atoms with Gasteiger partial charge in [-0.1, -0.05) is 20.8 Å². The van der Waals surface area contributed by atoms with Crippen LogP contribution in [0, 0.1) is 11.8 Å². The van der Waals surface area contributed by atoms with Crippen molar-refractivity contribution in [1.82, 2.24) is 5.32 Å². The number of nitrogens with two attached hydrogens (primary N) is 1. The Labute approximate surface area is 99.2 Å². The number of allylic oxidation sites excluding steroid dienone is 1. The molecule has 0 aromatic heterocycles. The summed E-state index contributed by atoms with van der Waals surface area (Å²) in [6, 6.07) is 0.457. The Balaban J connectivity index is 2.54. The maximum atomic E-state index is 5.58. The molecular weight excluding hydrogens is 198 g/mol. The molecule has 1 aliphatic heterocycles. The highest BCUT2D eigenvalue weighted by atomic mass is 14.9. The summed E-state index contributed by atoms with van der Waals surface area (Å²) in [5.74, 6) is 1.17. The van der Waals surface area contributed by atoms with Crippen molar-refractivity contribution in [1.29, 1.82) is 0 Å². The van der Waals surface area contributed by atoms with Crippen LogP contribution in [0.3, 0.4) is 0 Å². The third-order valence-corrected chi connectivity index (χ3v) is 3.12. The van der Waals surface area contributed by atoms with E-state index in [-0.39, 0.29) is 0 Å². The van der Waals surface area contributed by atoms with Crippen LogP contribution in [0.5, 0.6) is 0 Å². The molecule has 2 unspecified atom stereocenters. The van der Waals surface area contributed by atoms with Crippen LogP contribution in [0.25, 0.3) is 0 Å². The van der Waals surface area contributed by atoms with Gasteiger partial charge in [0.2, 0.25) is 0 Å². The molecule has 1 aliphatic rings. The van der Waals surface area contributed by atoms with Gasteiger partial charge in [-0.05, 0) is 49.5 Å². The highest BCUT2D eigenvalue weighted by molar-refractivity contribution is 5.78. The van der Waals surface area contributed by atoms with Gasteiger partial charge in [-0.25, -0.2) is 0 Å². The molecule has 0 aromatic carbocycles. The lowest BCUT2D eigenvalue weighted by molar-refractivity contribution is 0.490. The Bertz CT molecular complexity index is 256. The van der Waals surface area contributed by atoms with Crippen LogP contribution in [-0.2, 0) is 0 Å². The molecule has 3 nitrogen and oxygen atoms in total. The Kier molecular flexibility index (Phi) is 5.53. The van der Waals surface area contributed by atoms with Gasteiger partial charge in [0.25, 0.3) is 0 Å².